The summed E-state index contributed by atoms with van der Waals surface area (Å²) >= 11 is 0. The van der Waals surface area contributed by atoms with Crippen LogP contribution in [0.2, 0.25) is 0 Å². The lowest BCUT2D eigenvalue weighted by Crippen LogP contribution is -2.52. The van der Waals surface area contributed by atoms with E-state index in [9.17, 15) is 26.4 Å². The first kappa shape index (κ1) is 18.5. The number of sulfonamides is 1. The third kappa shape index (κ3) is 3.96. The maximum absolute atomic E-state index is 13.5. The number of nitrogens with one attached hydrogen (secondary N) is 1. The molecule has 1 aliphatic rings. The summed E-state index contributed by atoms with van der Waals surface area (Å²) in [5, 5.41) is 0. The highest BCUT2D eigenvalue weighted by atomic mass is 32.2. The van der Waals surface area contributed by atoms with Crippen LogP contribution in [0.5, 0.6) is 0 Å². The second-order valence-electron chi connectivity index (χ2n) is 5.83. The quantitative estimate of drug-likeness (QED) is 0.802. The number of amides is 1. The topological polar surface area (TPSA) is 105 Å². The molecule has 0 unspecified atom stereocenters. The lowest BCUT2D eigenvalue weighted by Gasteiger charge is -2.32. The fourth-order valence-corrected chi connectivity index (χ4v) is 3.46. The average Bonchev–Trinajstić information content (AvgIpc) is 3.17. The molecular formula is C13H17F3N4O3S. The smallest absolute Gasteiger partial charge is 0.397 e. The Kier molecular flexibility index (Phi) is 4.53. The highest BCUT2D eigenvalue weighted by Crippen LogP contribution is 2.42. The Morgan fingerprint density at radius 2 is 2.00 bits per heavy atom. The number of halogens is 3. The van der Waals surface area contributed by atoms with Crippen molar-refractivity contribution >= 4 is 21.6 Å². The van der Waals surface area contributed by atoms with Gasteiger partial charge in [-0.1, -0.05) is 0 Å². The molecule has 1 aliphatic carbocycles. The van der Waals surface area contributed by atoms with Crippen molar-refractivity contribution in [2.75, 3.05) is 19.0 Å². The highest BCUT2D eigenvalue weighted by Gasteiger charge is 2.57. The van der Waals surface area contributed by atoms with Crippen molar-refractivity contribution in [1.82, 2.24) is 14.6 Å². The standard InChI is InChI=1S/C13H17F3N4O3S/c1-20(11(21)12(5-6-12)19-24(2,22)23)10(13(14,15)16)9-4-3-8(17)7-18-9/h3-4,7,10,19H,5-6,17H2,1-2H3/t10-/m0/s1. The van der Waals surface area contributed by atoms with E-state index < -0.39 is 39.4 Å². The van der Waals surface area contributed by atoms with Crippen molar-refractivity contribution in [2.24, 2.45) is 0 Å². The zero-order valence-corrected chi connectivity index (χ0v) is 13.8. The Balaban J connectivity index is 2.33. The second-order valence-corrected chi connectivity index (χ2v) is 7.58. The molecule has 0 bridgehead atoms. The van der Waals surface area contributed by atoms with Crippen LogP contribution in [-0.4, -0.2) is 49.2 Å². The molecule has 134 valence electrons. The van der Waals surface area contributed by atoms with Gasteiger partial charge in [-0.25, -0.2) is 8.42 Å². The molecule has 1 aromatic rings. The lowest BCUT2D eigenvalue weighted by molar-refractivity contribution is -0.190. The van der Waals surface area contributed by atoms with E-state index in [4.69, 9.17) is 5.73 Å². The third-order valence-electron chi connectivity index (χ3n) is 3.65. The van der Waals surface area contributed by atoms with Crippen LogP contribution in [0.4, 0.5) is 18.9 Å². The van der Waals surface area contributed by atoms with Crippen molar-refractivity contribution in [1.29, 1.82) is 0 Å². The molecule has 0 spiro atoms. The van der Waals surface area contributed by atoms with E-state index in [1.807, 2.05) is 0 Å². The van der Waals surface area contributed by atoms with Gasteiger partial charge in [-0.2, -0.15) is 17.9 Å². The lowest BCUT2D eigenvalue weighted by atomic mass is 10.1. The third-order valence-corrected chi connectivity index (χ3v) is 4.41. The number of rotatable bonds is 5. The van der Waals surface area contributed by atoms with Gasteiger partial charge in [-0.3, -0.25) is 9.78 Å². The number of nitrogen functional groups attached to an aromatic ring is 1. The molecule has 24 heavy (non-hydrogen) atoms. The Morgan fingerprint density at radius 1 is 1.42 bits per heavy atom. The molecule has 7 nitrogen and oxygen atoms in total. The number of likely N-dealkylation sites (N-methyl/N-ethyl adjacent to an activating group) is 1. The molecule has 1 heterocycles. The van der Waals surface area contributed by atoms with Gasteiger partial charge in [0.05, 0.1) is 23.8 Å². The molecule has 0 saturated heterocycles. The van der Waals surface area contributed by atoms with Gasteiger partial charge in [0.15, 0.2) is 6.04 Å². The molecule has 0 aromatic carbocycles. The fraction of sp³-hybridized carbons (Fsp3) is 0.538. The van der Waals surface area contributed by atoms with Crippen molar-refractivity contribution in [3.8, 4) is 0 Å². The summed E-state index contributed by atoms with van der Waals surface area (Å²) in [5.41, 5.74) is 3.69. The van der Waals surface area contributed by atoms with Crippen LogP contribution in [0.3, 0.4) is 0 Å². The van der Waals surface area contributed by atoms with Gasteiger partial charge >= 0.3 is 6.18 Å². The first-order valence-corrected chi connectivity index (χ1v) is 8.79. The van der Waals surface area contributed by atoms with Crippen molar-refractivity contribution in [3.63, 3.8) is 0 Å². The van der Waals surface area contributed by atoms with Crippen LogP contribution >= 0.6 is 0 Å². The minimum Gasteiger partial charge on any atom is -0.397 e. The van der Waals surface area contributed by atoms with E-state index in [1.165, 1.54) is 6.07 Å². The molecule has 3 N–H and O–H groups in total. The van der Waals surface area contributed by atoms with Crippen LogP contribution in [-0.2, 0) is 14.8 Å². The number of nitrogens with zero attached hydrogens (tertiary/aromatic N) is 2. The molecule has 11 heteroatoms. The minimum absolute atomic E-state index is 0.142. The van der Waals surface area contributed by atoms with Crippen molar-refractivity contribution < 1.29 is 26.4 Å². The number of carbonyl (C=O) groups is 1. The predicted octanol–water partition coefficient (Wildman–Crippen LogP) is 0.807. The zero-order valence-electron chi connectivity index (χ0n) is 13.0. The van der Waals surface area contributed by atoms with Crippen LogP contribution in [0.15, 0.2) is 18.3 Å². The van der Waals surface area contributed by atoms with E-state index >= 15 is 0 Å². The molecule has 1 amide bonds. The number of alkyl halides is 3. The molecule has 0 radical (unpaired) electrons. The number of anilines is 1. The number of hydrogen-bond donors (Lipinski definition) is 2. The van der Waals surface area contributed by atoms with Gasteiger partial charge in [0.2, 0.25) is 15.9 Å². The highest BCUT2D eigenvalue weighted by molar-refractivity contribution is 7.88. The Labute approximate surface area is 137 Å². The number of carbonyl (C=O) groups excluding carboxylic acids is 1. The van der Waals surface area contributed by atoms with E-state index in [0.29, 0.717) is 4.90 Å². The number of aromatic nitrogens is 1. The monoisotopic (exact) mass is 366 g/mol. The molecule has 1 saturated carbocycles. The van der Waals surface area contributed by atoms with Gasteiger partial charge < -0.3 is 10.6 Å². The molecule has 2 rings (SSSR count). The maximum atomic E-state index is 13.5. The Morgan fingerprint density at radius 3 is 2.38 bits per heavy atom. The normalized spacial score (nSPS) is 18.0. The largest absolute Gasteiger partial charge is 0.414 e. The zero-order chi connectivity index (χ0) is 18.3. The van der Waals surface area contributed by atoms with Crippen LogP contribution in [0.25, 0.3) is 0 Å². The number of nitrogens with two attached hydrogens (primary N) is 1. The Bertz CT molecular complexity index is 730. The first-order chi connectivity index (χ1) is 10.9. The average molecular weight is 366 g/mol. The molecular weight excluding hydrogens is 349 g/mol. The summed E-state index contributed by atoms with van der Waals surface area (Å²) in [5.74, 6) is -0.950. The number of hydrogen-bond acceptors (Lipinski definition) is 5. The van der Waals surface area contributed by atoms with E-state index in [0.717, 1.165) is 25.6 Å². The summed E-state index contributed by atoms with van der Waals surface area (Å²) in [4.78, 5) is 16.6. The van der Waals surface area contributed by atoms with Crippen molar-refractivity contribution in [2.45, 2.75) is 30.6 Å². The summed E-state index contributed by atoms with van der Waals surface area (Å²) < 4.78 is 65.2. The second kappa shape index (κ2) is 5.88. The van der Waals surface area contributed by atoms with E-state index in [1.54, 1.807) is 0 Å². The van der Waals surface area contributed by atoms with Gasteiger partial charge in [0.25, 0.3) is 0 Å². The van der Waals surface area contributed by atoms with E-state index in [-0.39, 0.29) is 18.5 Å². The van der Waals surface area contributed by atoms with Crippen LogP contribution in [0.1, 0.15) is 24.6 Å². The molecule has 1 aromatic heterocycles. The number of pyridine rings is 1. The van der Waals surface area contributed by atoms with Crippen molar-refractivity contribution in [3.05, 3.63) is 24.0 Å². The van der Waals surface area contributed by atoms with Gasteiger partial charge in [0.1, 0.15) is 5.54 Å². The summed E-state index contributed by atoms with van der Waals surface area (Å²) in [6, 6.07) is 0.0337. The maximum Gasteiger partial charge on any atom is 0.414 e. The van der Waals surface area contributed by atoms with Crippen LogP contribution in [0, 0.1) is 0 Å². The minimum atomic E-state index is -4.78. The van der Waals surface area contributed by atoms with E-state index in [2.05, 4.69) is 9.71 Å². The Hall–Kier alpha value is -1.88. The fourth-order valence-electron chi connectivity index (χ4n) is 2.46. The molecule has 1 fully saturated rings. The first-order valence-electron chi connectivity index (χ1n) is 6.90. The van der Waals surface area contributed by atoms with Gasteiger partial charge in [-0.15, -0.1) is 0 Å². The molecule has 1 atom stereocenters. The van der Waals surface area contributed by atoms with Crippen LogP contribution < -0.4 is 10.5 Å². The van der Waals surface area contributed by atoms with Gasteiger partial charge in [0, 0.05) is 7.05 Å². The SMILES string of the molecule is CN(C(=O)C1(NS(C)(=O)=O)CC1)[C@@H](c1ccc(N)cn1)C(F)(F)F. The predicted molar refractivity (Wildman–Crippen MR) is 80.2 cm³/mol. The van der Waals surface area contributed by atoms with Gasteiger partial charge in [-0.05, 0) is 25.0 Å². The summed E-state index contributed by atoms with van der Waals surface area (Å²) in [6.45, 7) is 0. The summed E-state index contributed by atoms with van der Waals surface area (Å²) in [6.07, 6.45) is -2.59. The molecule has 0 aliphatic heterocycles. The summed E-state index contributed by atoms with van der Waals surface area (Å²) in [7, 11) is -2.77.